The van der Waals surface area contributed by atoms with Crippen LogP contribution in [0.5, 0.6) is 5.75 Å². The maximum Gasteiger partial charge on any atom is 0.419 e. The lowest BCUT2D eigenvalue weighted by Crippen LogP contribution is -2.52. The van der Waals surface area contributed by atoms with Crippen molar-refractivity contribution in [3.63, 3.8) is 0 Å². The minimum Gasteiger partial charge on any atom is -0.491 e. The fourth-order valence-electron chi connectivity index (χ4n) is 8.84. The van der Waals surface area contributed by atoms with E-state index in [0.29, 0.717) is 36.6 Å². The smallest absolute Gasteiger partial charge is 0.419 e. The van der Waals surface area contributed by atoms with E-state index < -0.39 is 35.4 Å². The Labute approximate surface area is 342 Å². The molecular formula is C44H50FN7O7. The number of nitrogens with zero attached hydrogens (tertiary/aromatic N) is 5. The number of halogens is 1. The molecule has 0 spiro atoms. The third-order valence-corrected chi connectivity index (χ3v) is 11.9. The molecule has 2 aromatic carbocycles. The fraction of sp³-hybridized carbons (Fsp3) is 0.455. The molecule has 2 atom stereocenters. The molecule has 2 aromatic heterocycles. The molecule has 4 aliphatic rings. The number of amides is 4. The quantitative estimate of drug-likeness (QED) is 0.181. The van der Waals surface area contributed by atoms with Crippen molar-refractivity contribution in [2.45, 2.75) is 89.9 Å². The number of likely N-dealkylation sites (tertiary alicyclic amines) is 1. The first kappa shape index (κ1) is 40.0. The third-order valence-electron chi connectivity index (χ3n) is 11.9. The highest BCUT2D eigenvalue weighted by Gasteiger charge is 2.40. The van der Waals surface area contributed by atoms with Gasteiger partial charge in [0, 0.05) is 71.8 Å². The van der Waals surface area contributed by atoms with Gasteiger partial charge in [-0.05, 0) is 115 Å². The molecule has 0 aliphatic carbocycles. The number of pyridine rings is 1. The van der Waals surface area contributed by atoms with Gasteiger partial charge in [0.25, 0.3) is 11.8 Å². The lowest BCUT2D eigenvalue weighted by Gasteiger charge is -2.35. The molecular weight excluding hydrogens is 758 g/mol. The topological polar surface area (TPSA) is 155 Å². The number of hydrogen-bond acceptors (Lipinski definition) is 10. The van der Waals surface area contributed by atoms with Gasteiger partial charge in [-0.3, -0.25) is 29.4 Å². The minimum atomic E-state index is -0.712. The molecule has 4 aromatic rings. The lowest BCUT2D eigenvalue weighted by molar-refractivity contribution is -0.136. The predicted octanol–water partition coefficient (Wildman–Crippen LogP) is 6.42. The van der Waals surface area contributed by atoms with Crippen LogP contribution < -0.4 is 20.3 Å². The molecule has 15 heteroatoms. The first-order valence-electron chi connectivity index (χ1n) is 20.4. The molecule has 4 aliphatic heterocycles. The molecule has 0 saturated carbocycles. The Balaban J connectivity index is 0.857. The standard InChI is InChI=1S/C44H50FN7O7/c1-44(2,3)59-43(57)52-35-23-38(46-24-28(35)22-36(52)33-9-6-17-49(33)4)47-40(54)27-10-12-37(31(45)21-27)58-20-16-26-14-18-50(19-15-26)32-8-5-7-29-30(32)25-51(42(29)56)34-11-13-39(53)48-41(34)55/h5,7-8,10,12,21-24,26,33-34H,6,9,11,13-20,25H2,1-4H3,(H,46,47,54)(H,48,53,55)/t33-,34?/m1/s1. The second kappa shape index (κ2) is 16.1. The van der Waals surface area contributed by atoms with Gasteiger partial charge in [-0.2, -0.15) is 0 Å². The number of aromatic nitrogens is 2. The largest absolute Gasteiger partial charge is 0.491 e. The summed E-state index contributed by atoms with van der Waals surface area (Å²) in [6, 6.07) is 12.7. The zero-order valence-corrected chi connectivity index (χ0v) is 33.9. The molecule has 59 heavy (non-hydrogen) atoms. The Hall–Kier alpha value is -5.83. The van der Waals surface area contributed by atoms with Gasteiger partial charge in [-0.1, -0.05) is 6.07 Å². The van der Waals surface area contributed by atoms with Gasteiger partial charge >= 0.3 is 6.09 Å². The van der Waals surface area contributed by atoms with Crippen LogP contribution in [0.3, 0.4) is 0 Å². The van der Waals surface area contributed by atoms with Gasteiger partial charge < -0.3 is 24.6 Å². The summed E-state index contributed by atoms with van der Waals surface area (Å²) < 4.78 is 28.5. The van der Waals surface area contributed by atoms with E-state index in [-0.39, 0.29) is 41.4 Å². The highest BCUT2D eigenvalue weighted by molar-refractivity contribution is 6.06. The Morgan fingerprint density at radius 2 is 1.78 bits per heavy atom. The molecule has 6 heterocycles. The molecule has 1 unspecified atom stereocenters. The van der Waals surface area contributed by atoms with Crippen molar-refractivity contribution in [3.05, 3.63) is 82.9 Å². The van der Waals surface area contributed by atoms with Crippen LogP contribution in [-0.4, -0.2) is 94.0 Å². The summed E-state index contributed by atoms with van der Waals surface area (Å²) >= 11 is 0. The van der Waals surface area contributed by atoms with Crippen LogP contribution in [0.15, 0.2) is 54.7 Å². The summed E-state index contributed by atoms with van der Waals surface area (Å²) in [5, 5.41) is 5.85. The predicted molar refractivity (Wildman–Crippen MR) is 218 cm³/mol. The van der Waals surface area contributed by atoms with Gasteiger partial charge in [-0.15, -0.1) is 0 Å². The van der Waals surface area contributed by atoms with Crippen LogP contribution in [0.4, 0.5) is 20.7 Å². The van der Waals surface area contributed by atoms with Crippen molar-refractivity contribution >= 4 is 52.1 Å². The average molecular weight is 808 g/mol. The monoisotopic (exact) mass is 807 g/mol. The zero-order valence-electron chi connectivity index (χ0n) is 33.9. The maximum absolute atomic E-state index is 15.3. The van der Waals surface area contributed by atoms with E-state index in [2.05, 4.69) is 25.4 Å². The van der Waals surface area contributed by atoms with Gasteiger partial charge in [0.15, 0.2) is 11.6 Å². The van der Waals surface area contributed by atoms with Crippen LogP contribution in [0.2, 0.25) is 0 Å². The van der Waals surface area contributed by atoms with E-state index in [0.717, 1.165) is 80.1 Å². The van der Waals surface area contributed by atoms with Crippen LogP contribution in [0.25, 0.3) is 10.9 Å². The number of piperidine rings is 2. The Morgan fingerprint density at radius 1 is 0.983 bits per heavy atom. The number of benzene rings is 2. The number of carbonyl (C=O) groups is 5. The number of carbonyl (C=O) groups excluding carboxylic acids is 5. The Morgan fingerprint density at radius 3 is 2.49 bits per heavy atom. The molecule has 3 fully saturated rings. The highest BCUT2D eigenvalue weighted by atomic mass is 19.1. The molecule has 0 radical (unpaired) electrons. The molecule has 8 rings (SSSR count). The summed E-state index contributed by atoms with van der Waals surface area (Å²) in [4.78, 5) is 74.8. The second-order valence-electron chi connectivity index (χ2n) is 17.0. The number of ether oxygens (including phenoxy) is 2. The summed E-state index contributed by atoms with van der Waals surface area (Å²) in [6.07, 6.45) is 6.04. The summed E-state index contributed by atoms with van der Waals surface area (Å²) in [5.74, 6) is -1.51. The Bertz CT molecular complexity index is 2330. The SMILES string of the molecule is CN1CCC[C@@H]1c1cc2cnc(NC(=O)c3ccc(OCCC4CCN(c5cccc6c5CN(C5CCC(=O)NC5=O)C6=O)CC4)c(F)c3)cc2n1C(=O)OC(C)(C)C. The number of hydrogen-bond donors (Lipinski definition) is 2. The van der Waals surface area contributed by atoms with E-state index in [1.165, 1.54) is 12.1 Å². The van der Waals surface area contributed by atoms with E-state index in [9.17, 15) is 24.0 Å². The Kier molecular flexibility index (Phi) is 10.9. The normalized spacial score (nSPS) is 20.3. The number of nitrogens with one attached hydrogen (secondary N) is 2. The molecule has 3 saturated heterocycles. The summed E-state index contributed by atoms with van der Waals surface area (Å²) in [7, 11) is 2.03. The van der Waals surface area contributed by atoms with Crippen LogP contribution >= 0.6 is 0 Å². The first-order chi connectivity index (χ1) is 28.2. The molecule has 310 valence electrons. The summed E-state index contributed by atoms with van der Waals surface area (Å²) in [6.45, 7) is 8.55. The van der Waals surface area contributed by atoms with E-state index in [1.54, 1.807) is 27.8 Å². The first-order valence-corrected chi connectivity index (χ1v) is 20.4. The van der Waals surface area contributed by atoms with Crippen LogP contribution in [0, 0.1) is 11.7 Å². The van der Waals surface area contributed by atoms with Crippen molar-refractivity contribution in [1.82, 2.24) is 24.7 Å². The fourth-order valence-corrected chi connectivity index (χ4v) is 8.84. The van der Waals surface area contributed by atoms with Crippen molar-refractivity contribution in [3.8, 4) is 5.75 Å². The van der Waals surface area contributed by atoms with Crippen molar-refractivity contribution in [2.75, 3.05) is 43.5 Å². The van der Waals surface area contributed by atoms with Gasteiger partial charge in [0.05, 0.1) is 18.2 Å². The van der Waals surface area contributed by atoms with Crippen molar-refractivity contribution in [2.24, 2.45) is 5.92 Å². The third kappa shape index (κ3) is 8.25. The van der Waals surface area contributed by atoms with E-state index in [1.807, 2.05) is 46.0 Å². The van der Waals surface area contributed by atoms with Crippen LogP contribution in [-0.2, 0) is 20.9 Å². The summed E-state index contributed by atoms with van der Waals surface area (Å²) in [5.41, 5.74) is 3.23. The zero-order chi connectivity index (χ0) is 41.6. The number of fused-ring (bicyclic) bond motifs is 2. The van der Waals surface area contributed by atoms with E-state index >= 15 is 4.39 Å². The number of anilines is 2. The van der Waals surface area contributed by atoms with Gasteiger partial charge in [0.2, 0.25) is 11.8 Å². The maximum atomic E-state index is 15.3. The molecule has 0 bridgehead atoms. The minimum absolute atomic E-state index is 0.0301. The number of rotatable bonds is 9. The average Bonchev–Trinajstić information content (AvgIpc) is 3.89. The van der Waals surface area contributed by atoms with Crippen molar-refractivity contribution < 1.29 is 37.8 Å². The highest BCUT2D eigenvalue weighted by Crippen LogP contribution is 2.37. The van der Waals surface area contributed by atoms with Gasteiger partial charge in [-0.25, -0.2) is 18.7 Å². The van der Waals surface area contributed by atoms with E-state index in [4.69, 9.17) is 9.47 Å². The molecule has 4 amide bonds. The van der Waals surface area contributed by atoms with Gasteiger partial charge in [0.1, 0.15) is 17.5 Å². The molecule has 14 nitrogen and oxygen atoms in total. The lowest BCUT2D eigenvalue weighted by atomic mass is 9.93. The van der Waals surface area contributed by atoms with Crippen LogP contribution in [0.1, 0.15) is 104 Å². The number of imide groups is 1. The molecule has 2 N–H and O–H groups in total. The van der Waals surface area contributed by atoms with Crippen molar-refractivity contribution in [1.29, 1.82) is 0 Å². The second-order valence-corrected chi connectivity index (χ2v) is 17.0.